The Labute approximate surface area is 163 Å². The Balaban J connectivity index is 1.70. The lowest BCUT2D eigenvalue weighted by Gasteiger charge is -2.18. The highest BCUT2D eigenvalue weighted by molar-refractivity contribution is 6.43. The van der Waals surface area contributed by atoms with Gasteiger partial charge < -0.3 is 19.4 Å². The van der Waals surface area contributed by atoms with Gasteiger partial charge in [-0.3, -0.25) is 9.59 Å². The van der Waals surface area contributed by atoms with E-state index in [-0.39, 0.29) is 12.1 Å². The fraction of sp³-hybridized carbons (Fsp3) is 0.273. The molecule has 1 N–H and O–H groups in total. The molecule has 0 radical (unpaired) electrons. The van der Waals surface area contributed by atoms with Crippen LogP contribution in [0.5, 0.6) is 0 Å². The van der Waals surface area contributed by atoms with E-state index in [2.05, 4.69) is 10.2 Å². The van der Waals surface area contributed by atoms with Crippen molar-refractivity contribution in [1.82, 2.24) is 14.6 Å². The standard InChI is InChI=1S/C22H23N3O3/c1-24-13-18(19(14-24)28-2)23-22(27)21(26)20-17(15-8-4-3-5-9-15)12-16-10-6-7-11-25(16)20/h3-12,18-19H,13-14H2,1-2H3,(H,23,27)/t18-,19-/m0/s1. The van der Waals surface area contributed by atoms with Crippen molar-refractivity contribution < 1.29 is 14.3 Å². The zero-order valence-electron chi connectivity index (χ0n) is 16.0. The van der Waals surface area contributed by atoms with E-state index in [0.717, 1.165) is 23.2 Å². The predicted molar refractivity (Wildman–Crippen MR) is 107 cm³/mol. The van der Waals surface area contributed by atoms with Gasteiger partial charge in [0.05, 0.1) is 12.1 Å². The molecule has 1 fully saturated rings. The molecule has 6 heteroatoms. The number of benzene rings is 1. The number of nitrogens with zero attached hydrogens (tertiary/aromatic N) is 2. The number of carbonyl (C=O) groups excluding carboxylic acids is 2. The Bertz CT molecular complexity index is 1010. The molecule has 4 rings (SSSR count). The highest BCUT2D eigenvalue weighted by Gasteiger charge is 2.34. The Morgan fingerprint density at radius 3 is 2.57 bits per heavy atom. The first-order chi connectivity index (χ1) is 13.6. The van der Waals surface area contributed by atoms with Crippen LogP contribution in [0.4, 0.5) is 0 Å². The fourth-order valence-electron chi connectivity index (χ4n) is 3.87. The number of carbonyl (C=O) groups is 2. The number of aromatic nitrogens is 1. The number of Topliss-reactive ketones (excluding diaryl/α,β-unsaturated/α-hetero) is 1. The van der Waals surface area contributed by atoms with Crippen molar-refractivity contribution in [2.24, 2.45) is 0 Å². The number of nitrogens with one attached hydrogen (secondary N) is 1. The Hall–Kier alpha value is -2.96. The van der Waals surface area contributed by atoms with Crippen LogP contribution in [-0.4, -0.2) is 60.4 Å². The van der Waals surface area contributed by atoms with Crippen LogP contribution in [-0.2, 0) is 9.53 Å². The van der Waals surface area contributed by atoms with E-state index in [0.29, 0.717) is 12.2 Å². The van der Waals surface area contributed by atoms with Crippen LogP contribution >= 0.6 is 0 Å². The van der Waals surface area contributed by atoms with Crippen molar-refractivity contribution in [3.8, 4) is 11.1 Å². The van der Waals surface area contributed by atoms with E-state index in [1.54, 1.807) is 11.5 Å². The van der Waals surface area contributed by atoms with Crippen LogP contribution in [0.25, 0.3) is 16.6 Å². The second-order valence-electron chi connectivity index (χ2n) is 7.17. The van der Waals surface area contributed by atoms with Gasteiger partial charge in [-0.15, -0.1) is 0 Å². The van der Waals surface area contributed by atoms with Crippen LogP contribution in [0.15, 0.2) is 60.8 Å². The van der Waals surface area contributed by atoms with Crippen LogP contribution < -0.4 is 5.32 Å². The number of hydrogen-bond donors (Lipinski definition) is 1. The maximum Gasteiger partial charge on any atom is 0.294 e. The number of amides is 1. The molecule has 0 aliphatic carbocycles. The summed E-state index contributed by atoms with van der Waals surface area (Å²) in [7, 11) is 3.59. The second-order valence-corrected chi connectivity index (χ2v) is 7.17. The zero-order chi connectivity index (χ0) is 19.7. The number of ether oxygens (including phenoxy) is 1. The summed E-state index contributed by atoms with van der Waals surface area (Å²) in [6.45, 7) is 1.37. The SMILES string of the molecule is CO[C@H]1CN(C)C[C@@H]1NC(=O)C(=O)c1c(-c2ccccc2)cc2ccccn12. The van der Waals surface area contributed by atoms with E-state index in [1.165, 1.54) is 0 Å². The lowest BCUT2D eigenvalue weighted by Crippen LogP contribution is -2.46. The molecular formula is C22H23N3O3. The maximum atomic E-state index is 13.2. The van der Waals surface area contributed by atoms with Gasteiger partial charge in [0.25, 0.3) is 11.7 Å². The summed E-state index contributed by atoms with van der Waals surface area (Å²) in [5.74, 6) is -1.15. The molecule has 1 saturated heterocycles. The van der Waals surface area contributed by atoms with Crippen molar-refractivity contribution in [3.63, 3.8) is 0 Å². The van der Waals surface area contributed by atoms with Gasteiger partial charge in [-0.25, -0.2) is 0 Å². The molecule has 6 nitrogen and oxygen atoms in total. The Morgan fingerprint density at radius 1 is 1.07 bits per heavy atom. The molecule has 1 aliphatic rings. The van der Waals surface area contributed by atoms with Gasteiger partial charge in [-0.2, -0.15) is 0 Å². The van der Waals surface area contributed by atoms with E-state index >= 15 is 0 Å². The number of methoxy groups -OCH3 is 1. The average molecular weight is 377 g/mol. The molecule has 0 bridgehead atoms. The summed E-state index contributed by atoms with van der Waals surface area (Å²) < 4.78 is 7.23. The van der Waals surface area contributed by atoms with Crippen molar-refractivity contribution in [2.45, 2.75) is 12.1 Å². The Kier molecular flexibility index (Phi) is 4.98. The monoisotopic (exact) mass is 377 g/mol. The number of likely N-dealkylation sites (N-methyl/N-ethyl adjacent to an activating group) is 1. The van der Waals surface area contributed by atoms with Gasteiger partial charge in [0.2, 0.25) is 0 Å². The van der Waals surface area contributed by atoms with Crippen molar-refractivity contribution in [2.75, 3.05) is 27.2 Å². The third-order valence-electron chi connectivity index (χ3n) is 5.25. The Morgan fingerprint density at radius 2 is 1.82 bits per heavy atom. The molecular weight excluding hydrogens is 354 g/mol. The normalized spacial score (nSPS) is 19.8. The summed E-state index contributed by atoms with van der Waals surface area (Å²) in [6, 6.07) is 17.1. The smallest absolute Gasteiger partial charge is 0.294 e. The van der Waals surface area contributed by atoms with Crippen LogP contribution in [0.2, 0.25) is 0 Å². The molecule has 28 heavy (non-hydrogen) atoms. The first kappa shape index (κ1) is 18.4. The van der Waals surface area contributed by atoms with Gasteiger partial charge in [-0.05, 0) is 30.8 Å². The van der Waals surface area contributed by atoms with Gasteiger partial charge >= 0.3 is 0 Å². The molecule has 1 aliphatic heterocycles. The van der Waals surface area contributed by atoms with Gasteiger partial charge in [0, 0.05) is 37.5 Å². The highest BCUT2D eigenvalue weighted by Crippen LogP contribution is 2.28. The van der Waals surface area contributed by atoms with Crippen LogP contribution in [0.3, 0.4) is 0 Å². The maximum absolute atomic E-state index is 13.2. The molecule has 0 unspecified atom stereocenters. The number of ketones is 1. The van der Waals surface area contributed by atoms with Gasteiger partial charge in [-0.1, -0.05) is 36.4 Å². The zero-order valence-corrected chi connectivity index (χ0v) is 16.0. The molecule has 2 atom stereocenters. The molecule has 2 aromatic heterocycles. The minimum Gasteiger partial charge on any atom is -0.378 e. The molecule has 144 valence electrons. The minimum absolute atomic E-state index is 0.126. The third-order valence-corrected chi connectivity index (χ3v) is 5.25. The first-order valence-electron chi connectivity index (χ1n) is 9.30. The van der Waals surface area contributed by atoms with Crippen molar-refractivity contribution >= 4 is 17.2 Å². The minimum atomic E-state index is -0.608. The summed E-state index contributed by atoms with van der Waals surface area (Å²) in [5, 5.41) is 2.87. The van der Waals surface area contributed by atoms with Gasteiger partial charge in [0.15, 0.2) is 0 Å². The highest BCUT2D eigenvalue weighted by atomic mass is 16.5. The number of likely N-dealkylation sites (tertiary alicyclic amines) is 1. The number of hydrogen-bond acceptors (Lipinski definition) is 4. The molecule has 1 aromatic carbocycles. The van der Waals surface area contributed by atoms with Crippen molar-refractivity contribution in [1.29, 1.82) is 0 Å². The molecule has 3 aromatic rings. The lowest BCUT2D eigenvalue weighted by atomic mass is 10.0. The summed E-state index contributed by atoms with van der Waals surface area (Å²) in [5.41, 5.74) is 2.89. The molecule has 1 amide bonds. The van der Waals surface area contributed by atoms with E-state index in [4.69, 9.17) is 4.74 Å². The predicted octanol–water partition coefficient (Wildman–Crippen LogP) is 2.23. The second kappa shape index (κ2) is 7.58. The van der Waals surface area contributed by atoms with E-state index < -0.39 is 11.7 Å². The largest absolute Gasteiger partial charge is 0.378 e. The average Bonchev–Trinajstić information content (AvgIpc) is 3.28. The van der Waals surface area contributed by atoms with Crippen molar-refractivity contribution in [3.05, 3.63) is 66.5 Å². The van der Waals surface area contributed by atoms with E-state index in [9.17, 15) is 9.59 Å². The van der Waals surface area contributed by atoms with Crippen LogP contribution in [0, 0.1) is 0 Å². The molecule has 0 saturated carbocycles. The van der Waals surface area contributed by atoms with Crippen LogP contribution in [0.1, 0.15) is 10.5 Å². The molecule has 0 spiro atoms. The topological polar surface area (TPSA) is 63.0 Å². The third kappa shape index (κ3) is 3.32. The fourth-order valence-corrected chi connectivity index (χ4v) is 3.87. The number of fused-ring (bicyclic) bond motifs is 1. The van der Waals surface area contributed by atoms with E-state index in [1.807, 2.05) is 67.8 Å². The summed E-state index contributed by atoms with van der Waals surface area (Å²) in [6.07, 6.45) is 1.68. The summed E-state index contributed by atoms with van der Waals surface area (Å²) >= 11 is 0. The molecule has 3 heterocycles. The van der Waals surface area contributed by atoms with Gasteiger partial charge in [0.1, 0.15) is 5.69 Å². The number of rotatable bonds is 5. The quantitative estimate of drug-likeness (QED) is 0.547. The summed E-state index contributed by atoms with van der Waals surface area (Å²) in [4.78, 5) is 28.1. The lowest BCUT2D eigenvalue weighted by molar-refractivity contribution is -0.118. The number of pyridine rings is 1. The first-order valence-corrected chi connectivity index (χ1v) is 9.30.